The van der Waals surface area contributed by atoms with Crippen LogP contribution in [0.1, 0.15) is 6.42 Å². The zero-order chi connectivity index (χ0) is 11.9. The summed E-state index contributed by atoms with van der Waals surface area (Å²) in [5, 5.41) is 8.88. The van der Waals surface area contributed by atoms with Gasteiger partial charge < -0.3 is 10.8 Å². The molecule has 1 atom stereocenters. The summed E-state index contributed by atoms with van der Waals surface area (Å²) in [6.07, 6.45) is 0.349. The molecular weight excluding hydrogens is 252 g/mol. The Morgan fingerprint density at radius 2 is 2.31 bits per heavy atom. The quantitative estimate of drug-likeness (QED) is 0.677. The lowest BCUT2D eigenvalue weighted by molar-refractivity contribution is -0.145. The molecule has 2 aliphatic heterocycles. The van der Waals surface area contributed by atoms with E-state index in [2.05, 4.69) is 0 Å². The summed E-state index contributed by atoms with van der Waals surface area (Å²) in [6, 6.07) is 0. The van der Waals surface area contributed by atoms with Crippen molar-refractivity contribution in [3.05, 3.63) is 9.93 Å². The molecule has 0 unspecified atom stereocenters. The lowest BCUT2D eigenvalue weighted by atomic mass is 10.2. The second kappa shape index (κ2) is 4.02. The van der Waals surface area contributed by atoms with Crippen LogP contribution in [0.3, 0.4) is 0 Å². The predicted molar refractivity (Wildman–Crippen MR) is 59.2 cm³/mol. The molecule has 3 N–H and O–H groups in total. The first-order valence-corrected chi connectivity index (χ1v) is 6.24. The first-order valence-electron chi connectivity index (χ1n) is 4.38. The van der Waals surface area contributed by atoms with E-state index < -0.39 is 11.9 Å². The number of aliphatic carboxylic acids is 1. The van der Waals surface area contributed by atoms with Gasteiger partial charge in [-0.3, -0.25) is 14.5 Å². The first kappa shape index (κ1) is 11.3. The minimum Gasteiger partial charge on any atom is -0.477 e. The van der Waals surface area contributed by atoms with E-state index in [1.165, 1.54) is 16.7 Å². The van der Waals surface area contributed by atoms with Crippen molar-refractivity contribution in [3.8, 4) is 0 Å². The van der Waals surface area contributed by atoms with Crippen molar-refractivity contribution < 1.29 is 19.5 Å². The summed E-state index contributed by atoms with van der Waals surface area (Å²) in [7, 11) is 0. The third kappa shape index (κ3) is 1.78. The van der Waals surface area contributed by atoms with Gasteiger partial charge in [0.15, 0.2) is 5.70 Å². The molecule has 2 amide bonds. The molecule has 0 aliphatic carbocycles. The van der Waals surface area contributed by atoms with Crippen LogP contribution in [0.2, 0.25) is 0 Å². The summed E-state index contributed by atoms with van der Waals surface area (Å²) in [5.74, 6) is -1.82. The van der Waals surface area contributed by atoms with Gasteiger partial charge in [-0.1, -0.05) is 11.8 Å². The summed E-state index contributed by atoms with van der Waals surface area (Å²) in [5.41, 5.74) is 4.97. The number of fused-ring (bicyclic) bond motifs is 1. The maximum absolute atomic E-state index is 11.2. The Hall–Kier alpha value is -1.15. The minimum absolute atomic E-state index is 0.0162. The van der Waals surface area contributed by atoms with Crippen LogP contribution < -0.4 is 5.73 Å². The smallest absolute Gasteiger partial charge is 0.354 e. The molecule has 2 rings (SSSR count). The number of nitrogens with zero attached hydrogens (tertiary/aromatic N) is 1. The van der Waals surface area contributed by atoms with Crippen LogP contribution in [0.5, 0.6) is 0 Å². The monoisotopic (exact) mass is 260 g/mol. The number of carbonyl (C=O) groups is 3. The molecule has 1 saturated heterocycles. The fourth-order valence-electron chi connectivity index (χ4n) is 1.46. The van der Waals surface area contributed by atoms with Crippen molar-refractivity contribution in [2.24, 2.45) is 5.73 Å². The number of hydrogen-bond acceptors (Lipinski definition) is 5. The van der Waals surface area contributed by atoms with E-state index in [4.69, 9.17) is 10.8 Å². The molecule has 0 aromatic rings. The highest BCUT2D eigenvalue weighted by Gasteiger charge is 2.48. The van der Waals surface area contributed by atoms with Gasteiger partial charge in [-0.05, 0) is 0 Å². The topological polar surface area (TPSA) is 101 Å². The van der Waals surface area contributed by atoms with E-state index in [0.29, 0.717) is 10.7 Å². The fraction of sp³-hybridized carbons (Fsp3) is 0.375. The molecule has 8 heteroatoms. The van der Waals surface area contributed by atoms with Crippen molar-refractivity contribution in [1.82, 2.24) is 4.90 Å². The molecule has 0 radical (unpaired) electrons. The van der Waals surface area contributed by atoms with E-state index in [-0.39, 0.29) is 22.7 Å². The molecule has 16 heavy (non-hydrogen) atoms. The normalized spacial score (nSPS) is 23.1. The average Bonchev–Trinajstić information content (AvgIpc) is 2.47. The molecule has 0 bridgehead atoms. The maximum atomic E-state index is 11.2. The fourth-order valence-corrected chi connectivity index (χ4v) is 3.93. The van der Waals surface area contributed by atoms with Crippen LogP contribution in [0, 0.1) is 0 Å². The van der Waals surface area contributed by atoms with E-state index >= 15 is 0 Å². The number of carboxylic acid groups (broad SMARTS) is 1. The Bertz CT molecular complexity index is 420. The van der Waals surface area contributed by atoms with Crippen molar-refractivity contribution in [2.75, 3.05) is 5.75 Å². The zero-order valence-corrected chi connectivity index (χ0v) is 9.64. The molecule has 0 saturated carbocycles. The van der Waals surface area contributed by atoms with Crippen LogP contribution >= 0.6 is 23.5 Å². The molecular formula is C8H8N2O4S2. The minimum atomic E-state index is -1.14. The van der Waals surface area contributed by atoms with Crippen LogP contribution in [0.4, 0.5) is 0 Å². The standard InChI is InChI=1S/C8H8N2O4S2/c9-3(11)2-15-8-6(7(13)14)10-4(12)1-5(10)16-8/h5H,1-2H2,(H2,9,11)(H,13,14)/t5-/m0/s1. The molecule has 2 heterocycles. The van der Waals surface area contributed by atoms with Gasteiger partial charge in [-0.25, -0.2) is 4.79 Å². The zero-order valence-electron chi connectivity index (χ0n) is 8.00. The van der Waals surface area contributed by atoms with Crippen LogP contribution in [-0.4, -0.2) is 38.9 Å². The average molecular weight is 260 g/mol. The predicted octanol–water partition coefficient (Wildman–Crippen LogP) is -0.236. The van der Waals surface area contributed by atoms with Crippen LogP contribution in [0.25, 0.3) is 0 Å². The molecule has 0 aromatic carbocycles. The van der Waals surface area contributed by atoms with Gasteiger partial charge in [-0.15, -0.1) is 11.8 Å². The number of primary amides is 1. The van der Waals surface area contributed by atoms with E-state index in [1.807, 2.05) is 0 Å². The number of hydrogen-bond donors (Lipinski definition) is 2. The van der Waals surface area contributed by atoms with Crippen LogP contribution in [-0.2, 0) is 14.4 Å². The second-order valence-corrected chi connectivity index (χ2v) is 5.67. The lowest BCUT2D eigenvalue weighted by Crippen LogP contribution is -2.48. The number of carbonyl (C=O) groups excluding carboxylic acids is 2. The summed E-state index contributed by atoms with van der Waals surface area (Å²) >= 11 is 2.37. The lowest BCUT2D eigenvalue weighted by Gasteiger charge is -2.33. The van der Waals surface area contributed by atoms with Crippen LogP contribution in [0.15, 0.2) is 9.93 Å². The van der Waals surface area contributed by atoms with Crippen molar-refractivity contribution in [3.63, 3.8) is 0 Å². The highest BCUT2D eigenvalue weighted by atomic mass is 32.2. The van der Waals surface area contributed by atoms with Gasteiger partial charge in [0.2, 0.25) is 11.8 Å². The Morgan fingerprint density at radius 3 is 2.81 bits per heavy atom. The molecule has 6 nitrogen and oxygen atoms in total. The number of carboxylic acids is 1. The van der Waals surface area contributed by atoms with Gasteiger partial charge in [0.1, 0.15) is 0 Å². The SMILES string of the molecule is NC(=O)CSC1=C(C(=O)O)N2C(=O)C[C@@H]2S1. The van der Waals surface area contributed by atoms with E-state index in [9.17, 15) is 14.4 Å². The summed E-state index contributed by atoms with van der Waals surface area (Å²) in [6.45, 7) is 0. The van der Waals surface area contributed by atoms with Gasteiger partial charge in [-0.2, -0.15) is 0 Å². The van der Waals surface area contributed by atoms with Gasteiger partial charge in [0.25, 0.3) is 0 Å². The molecule has 1 fully saturated rings. The number of rotatable bonds is 4. The number of amides is 2. The Kier molecular flexibility index (Phi) is 2.85. The molecule has 2 aliphatic rings. The summed E-state index contributed by atoms with van der Waals surface area (Å²) in [4.78, 5) is 34.1. The molecule has 0 spiro atoms. The number of nitrogens with two attached hydrogens (primary N) is 1. The van der Waals surface area contributed by atoms with Crippen molar-refractivity contribution in [1.29, 1.82) is 0 Å². The van der Waals surface area contributed by atoms with Gasteiger partial charge >= 0.3 is 5.97 Å². The van der Waals surface area contributed by atoms with E-state index in [0.717, 1.165) is 11.8 Å². The number of β-lactam (4-membered cyclic amide) rings is 1. The Balaban J connectivity index is 2.18. The second-order valence-electron chi connectivity index (χ2n) is 3.24. The van der Waals surface area contributed by atoms with E-state index in [1.54, 1.807) is 0 Å². The third-order valence-corrected chi connectivity index (χ3v) is 4.71. The van der Waals surface area contributed by atoms with Gasteiger partial charge in [0.05, 0.1) is 21.8 Å². The molecule has 86 valence electrons. The third-order valence-electron chi connectivity index (χ3n) is 2.13. The Morgan fingerprint density at radius 1 is 1.62 bits per heavy atom. The number of thioether (sulfide) groups is 2. The Labute approximate surface area is 99.2 Å². The summed E-state index contributed by atoms with van der Waals surface area (Å²) < 4.78 is 0.488. The molecule has 0 aromatic heterocycles. The highest BCUT2D eigenvalue weighted by molar-refractivity contribution is 8.23. The highest BCUT2D eigenvalue weighted by Crippen LogP contribution is 2.50. The largest absolute Gasteiger partial charge is 0.477 e. The first-order chi connectivity index (χ1) is 7.50. The van der Waals surface area contributed by atoms with Crippen molar-refractivity contribution in [2.45, 2.75) is 11.8 Å². The van der Waals surface area contributed by atoms with Crippen molar-refractivity contribution >= 4 is 41.3 Å². The van der Waals surface area contributed by atoms with Gasteiger partial charge in [0, 0.05) is 0 Å². The maximum Gasteiger partial charge on any atom is 0.354 e.